The van der Waals surface area contributed by atoms with Gasteiger partial charge in [0.05, 0.1) is 6.10 Å². The molecule has 1 atom stereocenters. The van der Waals surface area contributed by atoms with Crippen LogP contribution in [0.2, 0.25) is 0 Å². The summed E-state index contributed by atoms with van der Waals surface area (Å²) in [4.78, 5) is 0. The first-order valence-electron chi connectivity index (χ1n) is 6.93. The van der Waals surface area contributed by atoms with E-state index in [1.807, 2.05) is 36.4 Å². The highest BCUT2D eigenvalue weighted by Gasteiger charge is 2.14. The van der Waals surface area contributed by atoms with Gasteiger partial charge in [-0.05, 0) is 36.1 Å². The first kappa shape index (κ1) is 14.6. The highest BCUT2D eigenvalue weighted by Crippen LogP contribution is 2.31. The lowest BCUT2D eigenvalue weighted by molar-refractivity contribution is 0.195. The molecule has 0 spiro atoms. The molecular formula is C18H22O2. The summed E-state index contributed by atoms with van der Waals surface area (Å²) in [7, 11) is 0. The average molecular weight is 270 g/mol. The molecule has 2 nitrogen and oxygen atoms in total. The average Bonchev–Trinajstić information content (AvgIpc) is 2.38. The molecule has 0 fully saturated rings. The van der Waals surface area contributed by atoms with Crippen molar-refractivity contribution < 1.29 is 9.84 Å². The molecule has 0 aliphatic carbocycles. The standard InChI is InChI=1S/C18H22O2/c1-13(19)16-7-5-6-8-17(16)20-15-11-9-14(10-12-15)18(2,3)4/h5-13,19H,1-4H3. The van der Waals surface area contributed by atoms with Crippen molar-refractivity contribution >= 4 is 0 Å². The van der Waals surface area contributed by atoms with Crippen molar-refractivity contribution in [3.63, 3.8) is 0 Å². The second-order valence-corrected chi connectivity index (χ2v) is 6.09. The third-order valence-corrected chi connectivity index (χ3v) is 3.32. The van der Waals surface area contributed by atoms with Gasteiger partial charge in [-0.2, -0.15) is 0 Å². The fraction of sp³-hybridized carbons (Fsp3) is 0.333. The third kappa shape index (κ3) is 3.40. The predicted octanol–water partition coefficient (Wildman–Crippen LogP) is 4.83. The van der Waals surface area contributed by atoms with Crippen molar-refractivity contribution in [1.29, 1.82) is 0 Å². The molecule has 0 bridgehead atoms. The summed E-state index contributed by atoms with van der Waals surface area (Å²) in [5.74, 6) is 1.48. The summed E-state index contributed by atoms with van der Waals surface area (Å²) in [6, 6.07) is 15.7. The van der Waals surface area contributed by atoms with E-state index in [1.165, 1.54) is 5.56 Å². The highest BCUT2D eigenvalue weighted by molar-refractivity contribution is 5.40. The lowest BCUT2D eigenvalue weighted by atomic mass is 9.87. The summed E-state index contributed by atoms with van der Waals surface area (Å²) in [5, 5.41) is 9.75. The second-order valence-electron chi connectivity index (χ2n) is 6.09. The van der Waals surface area contributed by atoms with Crippen LogP contribution in [0, 0.1) is 0 Å². The molecule has 1 N–H and O–H groups in total. The summed E-state index contributed by atoms with van der Waals surface area (Å²) < 4.78 is 5.88. The maximum Gasteiger partial charge on any atom is 0.133 e. The van der Waals surface area contributed by atoms with Crippen LogP contribution in [0.3, 0.4) is 0 Å². The first-order valence-corrected chi connectivity index (χ1v) is 6.93. The van der Waals surface area contributed by atoms with Gasteiger partial charge in [0, 0.05) is 5.56 Å². The van der Waals surface area contributed by atoms with Gasteiger partial charge in [-0.15, -0.1) is 0 Å². The Hall–Kier alpha value is -1.80. The lowest BCUT2D eigenvalue weighted by Gasteiger charge is -2.19. The van der Waals surface area contributed by atoms with Gasteiger partial charge in [-0.25, -0.2) is 0 Å². The molecule has 2 heteroatoms. The number of aliphatic hydroxyl groups is 1. The molecule has 106 valence electrons. The fourth-order valence-corrected chi connectivity index (χ4v) is 2.07. The summed E-state index contributed by atoms with van der Waals surface area (Å²) in [6.07, 6.45) is -0.542. The van der Waals surface area contributed by atoms with Crippen molar-refractivity contribution in [3.05, 3.63) is 59.7 Å². The molecule has 0 aromatic heterocycles. The zero-order chi connectivity index (χ0) is 14.8. The molecule has 0 amide bonds. The number of hydrogen-bond donors (Lipinski definition) is 1. The number of rotatable bonds is 3. The Kier molecular flexibility index (Phi) is 4.15. The largest absolute Gasteiger partial charge is 0.457 e. The van der Waals surface area contributed by atoms with Crippen molar-refractivity contribution in [3.8, 4) is 11.5 Å². The molecule has 0 heterocycles. The van der Waals surface area contributed by atoms with E-state index in [2.05, 4.69) is 32.9 Å². The first-order chi connectivity index (χ1) is 9.38. The minimum Gasteiger partial charge on any atom is -0.457 e. The molecule has 0 radical (unpaired) electrons. The van der Waals surface area contributed by atoms with E-state index in [9.17, 15) is 5.11 Å². The maximum absolute atomic E-state index is 9.75. The number of para-hydroxylation sites is 1. The van der Waals surface area contributed by atoms with Crippen LogP contribution in [0.1, 0.15) is 44.9 Å². The Morgan fingerprint density at radius 1 is 0.950 bits per heavy atom. The minimum atomic E-state index is -0.542. The molecule has 0 saturated heterocycles. The maximum atomic E-state index is 9.75. The van der Waals surface area contributed by atoms with E-state index >= 15 is 0 Å². The normalized spacial score (nSPS) is 13.1. The minimum absolute atomic E-state index is 0.135. The van der Waals surface area contributed by atoms with E-state index in [0.29, 0.717) is 5.75 Å². The van der Waals surface area contributed by atoms with Crippen LogP contribution in [-0.4, -0.2) is 5.11 Å². The van der Waals surface area contributed by atoms with E-state index < -0.39 is 6.10 Å². The number of ether oxygens (including phenoxy) is 1. The molecule has 20 heavy (non-hydrogen) atoms. The smallest absolute Gasteiger partial charge is 0.133 e. The van der Waals surface area contributed by atoms with Gasteiger partial charge >= 0.3 is 0 Å². The van der Waals surface area contributed by atoms with Gasteiger partial charge in [-0.1, -0.05) is 51.1 Å². The zero-order valence-corrected chi connectivity index (χ0v) is 12.6. The third-order valence-electron chi connectivity index (χ3n) is 3.32. The number of benzene rings is 2. The van der Waals surface area contributed by atoms with Gasteiger partial charge in [0.15, 0.2) is 0 Å². The molecule has 0 saturated carbocycles. The van der Waals surface area contributed by atoms with E-state index in [-0.39, 0.29) is 5.41 Å². The molecular weight excluding hydrogens is 248 g/mol. The van der Waals surface area contributed by atoms with Crippen LogP contribution in [0.5, 0.6) is 11.5 Å². The highest BCUT2D eigenvalue weighted by atomic mass is 16.5. The lowest BCUT2D eigenvalue weighted by Crippen LogP contribution is -2.10. The van der Waals surface area contributed by atoms with E-state index in [1.54, 1.807) is 6.92 Å². The Labute approximate surface area is 121 Å². The summed E-state index contributed by atoms with van der Waals surface area (Å²) >= 11 is 0. The molecule has 0 aliphatic heterocycles. The van der Waals surface area contributed by atoms with Gasteiger partial charge in [0.25, 0.3) is 0 Å². The van der Waals surface area contributed by atoms with Crippen molar-refractivity contribution in [2.75, 3.05) is 0 Å². The number of hydrogen-bond acceptors (Lipinski definition) is 2. The molecule has 0 aliphatic rings. The molecule has 2 aromatic carbocycles. The van der Waals surface area contributed by atoms with Crippen LogP contribution in [0.4, 0.5) is 0 Å². The van der Waals surface area contributed by atoms with Crippen molar-refractivity contribution in [1.82, 2.24) is 0 Å². The van der Waals surface area contributed by atoms with E-state index in [0.717, 1.165) is 11.3 Å². The summed E-state index contributed by atoms with van der Waals surface area (Å²) in [5.41, 5.74) is 2.21. The molecule has 2 rings (SSSR count). The van der Waals surface area contributed by atoms with Crippen LogP contribution in [0.15, 0.2) is 48.5 Å². The zero-order valence-electron chi connectivity index (χ0n) is 12.6. The van der Waals surface area contributed by atoms with Gasteiger partial charge in [0.2, 0.25) is 0 Å². The van der Waals surface area contributed by atoms with Crippen LogP contribution in [-0.2, 0) is 5.41 Å². The quantitative estimate of drug-likeness (QED) is 0.865. The van der Waals surface area contributed by atoms with Gasteiger partial charge < -0.3 is 9.84 Å². The van der Waals surface area contributed by atoms with Gasteiger partial charge in [-0.3, -0.25) is 0 Å². The summed E-state index contributed by atoms with van der Waals surface area (Å²) in [6.45, 7) is 8.30. The predicted molar refractivity (Wildman–Crippen MR) is 82.3 cm³/mol. The molecule has 1 unspecified atom stereocenters. The topological polar surface area (TPSA) is 29.5 Å². The fourth-order valence-electron chi connectivity index (χ4n) is 2.07. The molecule has 2 aromatic rings. The van der Waals surface area contributed by atoms with Crippen LogP contribution < -0.4 is 4.74 Å². The Morgan fingerprint density at radius 3 is 2.10 bits per heavy atom. The Balaban J connectivity index is 2.23. The number of aliphatic hydroxyl groups excluding tert-OH is 1. The van der Waals surface area contributed by atoms with Gasteiger partial charge in [0.1, 0.15) is 11.5 Å². The van der Waals surface area contributed by atoms with Crippen LogP contribution in [0.25, 0.3) is 0 Å². The van der Waals surface area contributed by atoms with E-state index in [4.69, 9.17) is 4.74 Å². The van der Waals surface area contributed by atoms with Crippen LogP contribution >= 0.6 is 0 Å². The Morgan fingerprint density at radius 2 is 1.55 bits per heavy atom. The monoisotopic (exact) mass is 270 g/mol. The second kappa shape index (κ2) is 5.68. The van der Waals surface area contributed by atoms with Crippen molar-refractivity contribution in [2.45, 2.75) is 39.2 Å². The SMILES string of the molecule is CC(O)c1ccccc1Oc1ccc(C(C)(C)C)cc1. The van der Waals surface area contributed by atoms with Crippen molar-refractivity contribution in [2.24, 2.45) is 0 Å². The Bertz CT molecular complexity index is 563.